The molecule has 108 valence electrons. The molecule has 20 heavy (non-hydrogen) atoms. The molecular weight excluding hydrogens is 285 g/mol. The third kappa shape index (κ3) is 3.53. The normalized spacial score (nSPS) is 12.6. The molecule has 0 heterocycles. The van der Waals surface area contributed by atoms with Gasteiger partial charge >= 0.3 is 0 Å². The van der Waals surface area contributed by atoms with Crippen LogP contribution in [0.2, 0.25) is 0 Å². The molecule has 1 N–H and O–H groups in total. The van der Waals surface area contributed by atoms with Crippen LogP contribution in [0.4, 0.5) is 4.39 Å². The number of hydrogen-bond donors (Lipinski definition) is 1. The lowest BCUT2D eigenvalue weighted by Crippen LogP contribution is -2.44. The second-order valence-electron chi connectivity index (χ2n) is 4.33. The van der Waals surface area contributed by atoms with E-state index < -0.39 is 27.8 Å². The Bertz CT molecular complexity index is 665. The molecule has 0 bridgehead atoms. The Hall–Kier alpha value is -1.98. The van der Waals surface area contributed by atoms with Gasteiger partial charge in [-0.15, -0.1) is 0 Å². The first kappa shape index (κ1) is 16.1. The van der Waals surface area contributed by atoms with Gasteiger partial charge in [0, 0.05) is 14.1 Å². The molecule has 1 aromatic carbocycles. The van der Waals surface area contributed by atoms with E-state index >= 15 is 0 Å². The van der Waals surface area contributed by atoms with Crippen molar-refractivity contribution in [2.24, 2.45) is 0 Å². The van der Waals surface area contributed by atoms with E-state index in [1.807, 2.05) is 0 Å². The lowest BCUT2D eigenvalue weighted by atomic mass is 10.2. The minimum atomic E-state index is -4.00. The molecule has 0 radical (unpaired) electrons. The standard InChI is InChI=1S/C12H14FN3O3S/c1-8(12(17)16(2)3)15-20(18,19)10-4-5-11(13)9(6-10)7-14/h4-6,8,15H,1-3H3. The molecule has 0 aliphatic rings. The van der Waals surface area contributed by atoms with Crippen molar-refractivity contribution < 1.29 is 17.6 Å². The summed E-state index contributed by atoms with van der Waals surface area (Å²) in [6.07, 6.45) is 0. The quantitative estimate of drug-likeness (QED) is 0.874. The predicted octanol–water partition coefficient (Wildman–Crippen LogP) is 0.452. The lowest BCUT2D eigenvalue weighted by Gasteiger charge is -2.18. The summed E-state index contributed by atoms with van der Waals surface area (Å²) in [4.78, 5) is 12.6. The van der Waals surface area contributed by atoms with Crippen LogP contribution in [0.3, 0.4) is 0 Å². The highest BCUT2D eigenvalue weighted by molar-refractivity contribution is 7.89. The highest BCUT2D eigenvalue weighted by Gasteiger charge is 2.23. The Balaban J connectivity index is 3.07. The van der Waals surface area contributed by atoms with Gasteiger partial charge in [-0.05, 0) is 25.1 Å². The van der Waals surface area contributed by atoms with Crippen LogP contribution in [-0.4, -0.2) is 39.4 Å². The van der Waals surface area contributed by atoms with Gasteiger partial charge in [0.1, 0.15) is 11.9 Å². The van der Waals surface area contributed by atoms with Crippen molar-refractivity contribution in [1.82, 2.24) is 9.62 Å². The summed E-state index contributed by atoms with van der Waals surface area (Å²) in [5.74, 6) is -1.22. The lowest BCUT2D eigenvalue weighted by molar-refractivity contribution is -0.130. The number of rotatable bonds is 4. The fourth-order valence-corrected chi connectivity index (χ4v) is 2.72. The second-order valence-corrected chi connectivity index (χ2v) is 6.04. The number of halogens is 1. The van der Waals surface area contributed by atoms with Crippen LogP contribution in [0.1, 0.15) is 12.5 Å². The average molecular weight is 299 g/mol. The second kappa shape index (κ2) is 5.98. The van der Waals surface area contributed by atoms with Crippen LogP contribution >= 0.6 is 0 Å². The van der Waals surface area contributed by atoms with Crippen LogP contribution in [0.15, 0.2) is 23.1 Å². The number of carbonyl (C=O) groups is 1. The van der Waals surface area contributed by atoms with Gasteiger partial charge in [-0.1, -0.05) is 0 Å². The molecule has 6 nitrogen and oxygen atoms in total. The average Bonchev–Trinajstić information content (AvgIpc) is 2.37. The summed E-state index contributed by atoms with van der Waals surface area (Å²) >= 11 is 0. The first-order valence-electron chi connectivity index (χ1n) is 5.62. The summed E-state index contributed by atoms with van der Waals surface area (Å²) in [6, 6.07) is 3.44. The Kier molecular flexibility index (Phi) is 4.81. The van der Waals surface area contributed by atoms with Crippen molar-refractivity contribution in [3.8, 4) is 6.07 Å². The van der Waals surface area contributed by atoms with Crippen LogP contribution in [-0.2, 0) is 14.8 Å². The van der Waals surface area contributed by atoms with E-state index in [4.69, 9.17) is 5.26 Å². The molecule has 8 heteroatoms. The zero-order valence-electron chi connectivity index (χ0n) is 11.2. The number of likely N-dealkylation sites (N-methyl/N-ethyl adjacent to an activating group) is 1. The zero-order chi connectivity index (χ0) is 15.5. The maximum Gasteiger partial charge on any atom is 0.241 e. The van der Waals surface area contributed by atoms with Crippen molar-refractivity contribution in [2.75, 3.05) is 14.1 Å². The topological polar surface area (TPSA) is 90.3 Å². The molecule has 0 spiro atoms. The summed E-state index contributed by atoms with van der Waals surface area (Å²) < 4.78 is 39.4. The fraction of sp³-hybridized carbons (Fsp3) is 0.333. The molecule has 1 amide bonds. The maximum atomic E-state index is 13.2. The third-order valence-electron chi connectivity index (χ3n) is 2.51. The smallest absolute Gasteiger partial charge is 0.241 e. The van der Waals surface area contributed by atoms with Crippen LogP contribution in [0.25, 0.3) is 0 Å². The summed E-state index contributed by atoms with van der Waals surface area (Å²) in [5.41, 5.74) is -0.375. The molecule has 1 aromatic rings. The molecule has 0 aromatic heterocycles. The van der Waals surface area contributed by atoms with Gasteiger partial charge in [0.2, 0.25) is 15.9 Å². The molecule has 0 saturated heterocycles. The van der Waals surface area contributed by atoms with Crippen molar-refractivity contribution in [3.63, 3.8) is 0 Å². The van der Waals surface area contributed by atoms with E-state index in [0.29, 0.717) is 0 Å². The maximum absolute atomic E-state index is 13.2. The Labute approximate surface area is 116 Å². The van der Waals surface area contributed by atoms with Gasteiger partial charge in [0.15, 0.2) is 0 Å². The van der Waals surface area contributed by atoms with E-state index in [-0.39, 0.29) is 10.5 Å². The Morgan fingerprint density at radius 1 is 1.45 bits per heavy atom. The molecule has 1 atom stereocenters. The minimum absolute atomic E-state index is 0.270. The first-order chi connectivity index (χ1) is 9.19. The van der Waals surface area contributed by atoms with Crippen LogP contribution in [0, 0.1) is 17.1 Å². The number of nitrogens with one attached hydrogen (secondary N) is 1. The summed E-state index contributed by atoms with van der Waals surface area (Å²) in [6.45, 7) is 1.40. The zero-order valence-corrected chi connectivity index (χ0v) is 12.0. The highest BCUT2D eigenvalue weighted by atomic mass is 32.2. The number of benzene rings is 1. The third-order valence-corrected chi connectivity index (χ3v) is 4.05. The first-order valence-corrected chi connectivity index (χ1v) is 7.10. The number of nitriles is 1. The minimum Gasteiger partial charge on any atom is -0.347 e. The number of sulfonamides is 1. The molecular formula is C12H14FN3O3S. The number of hydrogen-bond acceptors (Lipinski definition) is 4. The largest absolute Gasteiger partial charge is 0.347 e. The highest BCUT2D eigenvalue weighted by Crippen LogP contribution is 2.14. The number of carbonyl (C=O) groups excluding carboxylic acids is 1. The van der Waals surface area contributed by atoms with E-state index in [0.717, 1.165) is 18.2 Å². The monoisotopic (exact) mass is 299 g/mol. The number of amides is 1. The fourth-order valence-electron chi connectivity index (χ4n) is 1.50. The van der Waals surface area contributed by atoms with Crippen LogP contribution in [0.5, 0.6) is 0 Å². The molecule has 0 saturated carbocycles. The van der Waals surface area contributed by atoms with Gasteiger partial charge in [-0.2, -0.15) is 9.98 Å². The predicted molar refractivity (Wildman–Crippen MR) is 69.6 cm³/mol. The van der Waals surface area contributed by atoms with Crippen molar-refractivity contribution >= 4 is 15.9 Å². The number of nitrogens with zero attached hydrogens (tertiary/aromatic N) is 2. The summed E-state index contributed by atoms with van der Waals surface area (Å²) in [7, 11) is -1.01. The van der Waals surface area contributed by atoms with E-state index in [9.17, 15) is 17.6 Å². The molecule has 1 unspecified atom stereocenters. The van der Waals surface area contributed by atoms with Gasteiger partial charge in [0.05, 0.1) is 16.5 Å². The van der Waals surface area contributed by atoms with E-state index in [2.05, 4.69) is 4.72 Å². The van der Waals surface area contributed by atoms with Gasteiger partial charge in [-0.3, -0.25) is 4.79 Å². The Morgan fingerprint density at radius 2 is 2.05 bits per heavy atom. The van der Waals surface area contributed by atoms with Crippen LogP contribution < -0.4 is 4.72 Å². The molecule has 1 rings (SSSR count). The molecule has 0 fully saturated rings. The summed E-state index contributed by atoms with van der Waals surface area (Å²) in [5, 5.41) is 8.69. The van der Waals surface area contributed by atoms with E-state index in [1.54, 1.807) is 6.07 Å². The van der Waals surface area contributed by atoms with Gasteiger partial charge in [-0.25, -0.2) is 12.8 Å². The molecule has 0 aliphatic heterocycles. The van der Waals surface area contributed by atoms with Crippen molar-refractivity contribution in [1.29, 1.82) is 5.26 Å². The SMILES string of the molecule is CC(NS(=O)(=O)c1ccc(F)c(C#N)c1)C(=O)N(C)C. The van der Waals surface area contributed by atoms with E-state index in [1.165, 1.54) is 25.9 Å². The van der Waals surface area contributed by atoms with Gasteiger partial charge in [0.25, 0.3) is 0 Å². The van der Waals surface area contributed by atoms with Crippen molar-refractivity contribution in [3.05, 3.63) is 29.6 Å². The van der Waals surface area contributed by atoms with Gasteiger partial charge < -0.3 is 4.90 Å². The Morgan fingerprint density at radius 3 is 2.55 bits per heavy atom. The molecule has 0 aliphatic carbocycles. The van der Waals surface area contributed by atoms with Crippen molar-refractivity contribution in [2.45, 2.75) is 17.9 Å².